The molecule has 2 heterocycles. The number of ether oxygens (including phenoxy) is 4. The smallest absolute Gasteiger partial charge is 0.226 e. The van der Waals surface area contributed by atoms with E-state index in [-0.39, 0.29) is 6.04 Å². The summed E-state index contributed by atoms with van der Waals surface area (Å²) < 4.78 is 23.8. The first-order valence-electron chi connectivity index (χ1n) is 9.01. The number of allylic oxidation sites excluding steroid dienone is 1. The van der Waals surface area contributed by atoms with Crippen molar-refractivity contribution in [1.29, 1.82) is 0 Å². The molecule has 3 aromatic rings. The van der Waals surface area contributed by atoms with Gasteiger partial charge < -0.3 is 24.3 Å². The number of rotatable bonds is 6. The lowest BCUT2D eigenvalue weighted by Gasteiger charge is -2.26. The van der Waals surface area contributed by atoms with E-state index in [4.69, 9.17) is 18.9 Å². The number of nitrogens with zero attached hydrogens (tertiary/aromatic N) is 3. The predicted molar refractivity (Wildman–Crippen MR) is 109 cm³/mol. The van der Waals surface area contributed by atoms with Crippen molar-refractivity contribution in [1.82, 2.24) is 14.8 Å². The topological polar surface area (TPSA) is 79.7 Å². The fourth-order valence-corrected chi connectivity index (χ4v) is 3.47. The van der Waals surface area contributed by atoms with Crippen molar-refractivity contribution in [3.05, 3.63) is 59.9 Å². The molecule has 1 aliphatic heterocycles. The quantitative estimate of drug-likeness (QED) is 0.687. The Labute approximate surface area is 168 Å². The van der Waals surface area contributed by atoms with Gasteiger partial charge in [0.1, 0.15) is 18.1 Å². The third-order valence-corrected chi connectivity index (χ3v) is 4.84. The van der Waals surface area contributed by atoms with Crippen LogP contribution in [0.4, 0.5) is 5.95 Å². The summed E-state index contributed by atoms with van der Waals surface area (Å²) >= 11 is 0. The van der Waals surface area contributed by atoms with Crippen LogP contribution in [-0.4, -0.2) is 43.2 Å². The Morgan fingerprint density at radius 3 is 2.48 bits per heavy atom. The van der Waals surface area contributed by atoms with E-state index in [1.165, 1.54) is 6.33 Å². The molecule has 0 amide bonds. The van der Waals surface area contributed by atoms with Crippen molar-refractivity contribution in [3.63, 3.8) is 0 Å². The zero-order valence-corrected chi connectivity index (χ0v) is 16.7. The standard InChI is InChI=1S/C21H22N4O4/c1-26-14-7-5-6-13(10-14)16-11-17(25-21(24-16)22-12-23-25)15-8-9-18(27-2)20(29-4)19(15)28-3/h5-12,17H,1-4H3,(H,22,23,24). The van der Waals surface area contributed by atoms with Gasteiger partial charge in [-0.05, 0) is 30.3 Å². The van der Waals surface area contributed by atoms with Crippen LogP contribution < -0.4 is 24.3 Å². The third-order valence-electron chi connectivity index (χ3n) is 4.84. The van der Waals surface area contributed by atoms with Crippen LogP contribution in [0.3, 0.4) is 0 Å². The van der Waals surface area contributed by atoms with Crippen LogP contribution in [0.2, 0.25) is 0 Å². The van der Waals surface area contributed by atoms with Gasteiger partial charge >= 0.3 is 0 Å². The van der Waals surface area contributed by atoms with E-state index >= 15 is 0 Å². The number of fused-ring (bicyclic) bond motifs is 1. The van der Waals surface area contributed by atoms with Gasteiger partial charge in [0.2, 0.25) is 11.7 Å². The van der Waals surface area contributed by atoms with Gasteiger partial charge in [-0.15, -0.1) is 0 Å². The van der Waals surface area contributed by atoms with E-state index in [1.807, 2.05) is 36.4 Å². The molecule has 0 aliphatic carbocycles. The van der Waals surface area contributed by atoms with E-state index in [0.717, 1.165) is 22.6 Å². The second kappa shape index (κ2) is 7.75. The Hall–Kier alpha value is -3.68. The molecule has 0 spiro atoms. The summed E-state index contributed by atoms with van der Waals surface area (Å²) in [6.07, 6.45) is 3.59. The lowest BCUT2D eigenvalue weighted by Crippen LogP contribution is -2.21. The molecule has 29 heavy (non-hydrogen) atoms. The Balaban J connectivity index is 1.87. The van der Waals surface area contributed by atoms with Gasteiger partial charge in [-0.3, -0.25) is 0 Å². The summed E-state index contributed by atoms with van der Waals surface area (Å²) in [5.41, 5.74) is 2.74. The lowest BCUT2D eigenvalue weighted by atomic mass is 10.00. The molecule has 150 valence electrons. The normalized spacial score (nSPS) is 15.0. The van der Waals surface area contributed by atoms with Crippen molar-refractivity contribution >= 4 is 11.6 Å². The average molecular weight is 394 g/mol. The van der Waals surface area contributed by atoms with Crippen molar-refractivity contribution in [2.24, 2.45) is 0 Å². The highest BCUT2D eigenvalue weighted by Gasteiger charge is 2.28. The number of aromatic nitrogens is 3. The highest BCUT2D eigenvalue weighted by atomic mass is 16.5. The summed E-state index contributed by atoms with van der Waals surface area (Å²) in [5.74, 6) is 3.12. The zero-order chi connectivity index (χ0) is 20.4. The molecule has 8 nitrogen and oxygen atoms in total. The Morgan fingerprint density at radius 2 is 1.76 bits per heavy atom. The van der Waals surface area contributed by atoms with Crippen molar-refractivity contribution in [2.45, 2.75) is 6.04 Å². The van der Waals surface area contributed by atoms with Crippen LogP contribution >= 0.6 is 0 Å². The van der Waals surface area contributed by atoms with E-state index in [9.17, 15) is 0 Å². The minimum absolute atomic E-state index is 0.260. The monoisotopic (exact) mass is 394 g/mol. The maximum atomic E-state index is 5.70. The minimum atomic E-state index is -0.260. The summed E-state index contributed by atoms with van der Waals surface area (Å²) in [7, 11) is 6.44. The number of hydrogen-bond acceptors (Lipinski definition) is 7. The highest BCUT2D eigenvalue weighted by molar-refractivity contribution is 5.78. The summed E-state index contributed by atoms with van der Waals surface area (Å²) in [5, 5.41) is 7.73. The number of anilines is 1. The van der Waals surface area contributed by atoms with Gasteiger partial charge in [0, 0.05) is 16.8 Å². The Kier molecular flexibility index (Phi) is 4.99. The van der Waals surface area contributed by atoms with Gasteiger partial charge in [0.05, 0.1) is 28.4 Å². The van der Waals surface area contributed by atoms with Crippen LogP contribution in [0, 0.1) is 0 Å². The molecule has 8 heteroatoms. The van der Waals surface area contributed by atoms with Crippen LogP contribution in [0.1, 0.15) is 17.2 Å². The molecule has 0 saturated carbocycles. The number of methoxy groups -OCH3 is 4. The fourth-order valence-electron chi connectivity index (χ4n) is 3.47. The van der Waals surface area contributed by atoms with Crippen molar-refractivity contribution < 1.29 is 18.9 Å². The molecule has 1 aromatic heterocycles. The number of benzene rings is 2. The molecule has 0 fully saturated rings. The second-order valence-corrected chi connectivity index (χ2v) is 6.33. The molecular weight excluding hydrogens is 372 g/mol. The van der Waals surface area contributed by atoms with Crippen LogP contribution in [-0.2, 0) is 0 Å². The van der Waals surface area contributed by atoms with E-state index in [0.29, 0.717) is 23.2 Å². The molecule has 0 radical (unpaired) electrons. The van der Waals surface area contributed by atoms with Gasteiger partial charge in [0.25, 0.3) is 0 Å². The minimum Gasteiger partial charge on any atom is -0.497 e. The van der Waals surface area contributed by atoms with E-state index < -0.39 is 0 Å². The Bertz CT molecular complexity index is 1060. The molecule has 0 saturated heterocycles. The molecule has 1 aliphatic rings. The fraction of sp³-hybridized carbons (Fsp3) is 0.238. The predicted octanol–water partition coefficient (Wildman–Crippen LogP) is 3.37. The van der Waals surface area contributed by atoms with Crippen molar-refractivity contribution in [3.8, 4) is 23.0 Å². The van der Waals surface area contributed by atoms with Gasteiger partial charge in [0.15, 0.2) is 11.5 Å². The zero-order valence-electron chi connectivity index (χ0n) is 16.7. The Morgan fingerprint density at radius 1 is 0.931 bits per heavy atom. The molecular formula is C21H22N4O4. The largest absolute Gasteiger partial charge is 0.497 e. The summed E-state index contributed by atoms with van der Waals surface area (Å²) in [6, 6.07) is 11.4. The third kappa shape index (κ3) is 3.22. The molecule has 4 rings (SSSR count). The lowest BCUT2D eigenvalue weighted by molar-refractivity contribution is 0.320. The van der Waals surface area contributed by atoms with Crippen LogP contribution in [0.25, 0.3) is 5.70 Å². The maximum absolute atomic E-state index is 5.70. The first-order chi connectivity index (χ1) is 14.2. The molecule has 1 N–H and O–H groups in total. The number of hydrogen-bond donors (Lipinski definition) is 1. The van der Waals surface area contributed by atoms with Gasteiger partial charge in [-0.25, -0.2) is 4.68 Å². The molecule has 0 bridgehead atoms. The highest BCUT2D eigenvalue weighted by Crippen LogP contribution is 2.45. The first kappa shape index (κ1) is 18.7. The molecule has 2 aromatic carbocycles. The second-order valence-electron chi connectivity index (χ2n) is 6.33. The summed E-state index contributed by atoms with van der Waals surface area (Å²) in [6.45, 7) is 0. The number of nitrogens with one attached hydrogen (secondary N) is 1. The first-order valence-corrected chi connectivity index (χ1v) is 9.01. The van der Waals surface area contributed by atoms with Gasteiger partial charge in [-0.1, -0.05) is 12.1 Å². The molecule has 1 atom stereocenters. The van der Waals surface area contributed by atoms with Crippen LogP contribution in [0.15, 0.2) is 48.8 Å². The SMILES string of the molecule is COc1cccc(C2=CC(c3ccc(OC)c(OC)c3OC)n3ncnc3N2)c1. The van der Waals surface area contributed by atoms with E-state index in [2.05, 4.69) is 21.5 Å². The van der Waals surface area contributed by atoms with Gasteiger partial charge in [-0.2, -0.15) is 10.1 Å². The maximum Gasteiger partial charge on any atom is 0.226 e. The van der Waals surface area contributed by atoms with Crippen molar-refractivity contribution in [2.75, 3.05) is 33.8 Å². The van der Waals surface area contributed by atoms with E-state index in [1.54, 1.807) is 33.1 Å². The summed E-state index contributed by atoms with van der Waals surface area (Å²) in [4.78, 5) is 4.35. The average Bonchev–Trinajstić information content (AvgIpc) is 3.26. The molecule has 1 unspecified atom stereocenters. The van der Waals surface area contributed by atoms with Crippen LogP contribution in [0.5, 0.6) is 23.0 Å².